The lowest BCUT2D eigenvalue weighted by Gasteiger charge is -2.28. The van der Waals surface area contributed by atoms with Gasteiger partial charge in [0.15, 0.2) is 0 Å². The number of thiophene rings is 1. The van der Waals surface area contributed by atoms with Crippen molar-refractivity contribution in [2.75, 3.05) is 4.90 Å². The standard InChI is InChI=1S/C35H26N4S/c1-23-11-14-27(15-12-23)39(28-16-13-25-8-4-5-9-26(25)17-28)29-18-31-33(38-22-29)34-32(35(31,2)3)19-30(40-34)10-6-7-24(20-36)21-37/h4-19,22H,1-3H3/b10-6+. The first-order chi connectivity index (χ1) is 19.4. The molecule has 4 nitrogen and oxygen atoms in total. The van der Waals surface area contributed by atoms with Crippen LogP contribution in [0.1, 0.15) is 35.4 Å². The highest BCUT2D eigenvalue weighted by Gasteiger charge is 2.39. The molecule has 0 N–H and O–H groups in total. The molecule has 0 radical (unpaired) electrons. The van der Waals surface area contributed by atoms with Crippen LogP contribution in [0.4, 0.5) is 17.1 Å². The Bertz CT molecular complexity index is 1890. The molecule has 0 aliphatic heterocycles. The van der Waals surface area contributed by atoms with E-state index in [2.05, 4.69) is 105 Å². The molecule has 0 amide bonds. The van der Waals surface area contributed by atoms with Gasteiger partial charge in [0.25, 0.3) is 0 Å². The minimum absolute atomic E-state index is 0.0877. The fourth-order valence-corrected chi connectivity index (χ4v) is 6.55. The third-order valence-corrected chi connectivity index (χ3v) is 8.60. The van der Waals surface area contributed by atoms with Gasteiger partial charge >= 0.3 is 0 Å². The summed E-state index contributed by atoms with van der Waals surface area (Å²) in [4.78, 5) is 9.56. The molecule has 0 saturated carbocycles. The third-order valence-electron chi connectivity index (χ3n) is 7.49. The molecule has 5 aromatic rings. The van der Waals surface area contributed by atoms with Crippen LogP contribution in [0.2, 0.25) is 0 Å². The highest BCUT2D eigenvalue weighted by atomic mass is 32.1. The zero-order chi connectivity index (χ0) is 27.9. The van der Waals surface area contributed by atoms with Crippen LogP contribution >= 0.6 is 11.3 Å². The number of anilines is 3. The maximum absolute atomic E-state index is 8.98. The molecule has 2 heterocycles. The number of benzene rings is 3. The van der Waals surface area contributed by atoms with Crippen LogP contribution in [0.5, 0.6) is 0 Å². The molecular formula is C35H26N4S. The van der Waals surface area contributed by atoms with Crippen LogP contribution < -0.4 is 4.90 Å². The Hall–Kier alpha value is -4.97. The van der Waals surface area contributed by atoms with Gasteiger partial charge in [0.05, 0.1) is 22.5 Å². The van der Waals surface area contributed by atoms with E-state index < -0.39 is 0 Å². The molecule has 5 heteroatoms. The normalized spacial score (nSPS) is 12.9. The van der Waals surface area contributed by atoms with Gasteiger partial charge in [-0.15, -0.1) is 11.3 Å². The Balaban J connectivity index is 1.44. The second-order valence-electron chi connectivity index (χ2n) is 10.5. The Labute approximate surface area is 238 Å². The summed E-state index contributed by atoms with van der Waals surface area (Å²) in [5.74, 6) is 0. The fraction of sp³-hybridized carbons (Fsp3) is 0.114. The van der Waals surface area contributed by atoms with Crippen molar-refractivity contribution in [2.24, 2.45) is 0 Å². The first-order valence-corrected chi connectivity index (χ1v) is 13.9. The van der Waals surface area contributed by atoms with Crippen molar-refractivity contribution < 1.29 is 0 Å². The van der Waals surface area contributed by atoms with Gasteiger partial charge in [-0.05, 0) is 77.4 Å². The molecule has 6 rings (SSSR count). The average molecular weight is 535 g/mol. The predicted molar refractivity (Wildman–Crippen MR) is 165 cm³/mol. The Kier molecular flexibility index (Phi) is 6.31. The Morgan fingerprint density at radius 3 is 2.33 bits per heavy atom. The summed E-state index contributed by atoms with van der Waals surface area (Å²) < 4.78 is 0. The van der Waals surface area contributed by atoms with E-state index in [1.165, 1.54) is 32.3 Å². The maximum Gasteiger partial charge on any atom is 0.129 e. The summed E-state index contributed by atoms with van der Waals surface area (Å²) in [5.41, 5.74) is 7.74. The molecule has 0 saturated heterocycles. The van der Waals surface area contributed by atoms with Crippen molar-refractivity contribution in [1.82, 2.24) is 4.98 Å². The molecule has 2 aromatic heterocycles. The van der Waals surface area contributed by atoms with Crippen molar-refractivity contribution in [2.45, 2.75) is 26.2 Å². The molecule has 0 atom stereocenters. The predicted octanol–water partition coefficient (Wildman–Crippen LogP) is 9.37. The second kappa shape index (κ2) is 9.97. The first-order valence-electron chi connectivity index (χ1n) is 13.1. The summed E-state index contributed by atoms with van der Waals surface area (Å²) in [6, 6.07) is 31.9. The quantitative estimate of drug-likeness (QED) is 0.166. The van der Waals surface area contributed by atoms with Crippen LogP contribution in [0.25, 0.3) is 27.4 Å². The number of aryl methyl sites for hydroxylation is 1. The van der Waals surface area contributed by atoms with E-state index in [1.807, 2.05) is 24.4 Å². The van der Waals surface area contributed by atoms with Crippen molar-refractivity contribution in [3.05, 3.63) is 124 Å². The lowest BCUT2D eigenvalue weighted by molar-refractivity contribution is 0.660. The number of allylic oxidation sites excluding steroid dienone is 3. The lowest BCUT2D eigenvalue weighted by atomic mass is 9.83. The topological polar surface area (TPSA) is 63.7 Å². The van der Waals surface area contributed by atoms with Crippen LogP contribution in [-0.2, 0) is 5.41 Å². The van der Waals surface area contributed by atoms with E-state index >= 15 is 0 Å². The van der Waals surface area contributed by atoms with Gasteiger partial charge in [0.1, 0.15) is 17.7 Å². The monoisotopic (exact) mass is 534 g/mol. The molecule has 192 valence electrons. The molecule has 0 unspecified atom stereocenters. The van der Waals surface area contributed by atoms with Crippen LogP contribution in [0.3, 0.4) is 0 Å². The highest BCUT2D eigenvalue weighted by molar-refractivity contribution is 7.16. The van der Waals surface area contributed by atoms with Crippen LogP contribution in [0.15, 0.2) is 103 Å². The minimum atomic E-state index is -0.223. The molecule has 40 heavy (non-hydrogen) atoms. The number of nitriles is 2. The van der Waals surface area contributed by atoms with E-state index in [9.17, 15) is 0 Å². The number of nitrogens with zero attached hydrogens (tertiary/aromatic N) is 4. The summed E-state index contributed by atoms with van der Waals surface area (Å²) in [6.45, 7) is 6.60. The Morgan fingerprint density at radius 1 is 0.850 bits per heavy atom. The largest absolute Gasteiger partial charge is 0.309 e. The van der Waals surface area contributed by atoms with Crippen LogP contribution in [0, 0.1) is 29.6 Å². The molecule has 0 spiro atoms. The van der Waals surface area contributed by atoms with E-state index in [0.29, 0.717) is 0 Å². The smallest absolute Gasteiger partial charge is 0.129 e. The molecule has 1 aliphatic carbocycles. The summed E-state index contributed by atoms with van der Waals surface area (Å²) in [6.07, 6.45) is 7.22. The lowest BCUT2D eigenvalue weighted by Crippen LogP contribution is -2.17. The van der Waals surface area contributed by atoms with Gasteiger partial charge in [-0.25, -0.2) is 0 Å². The number of rotatable bonds is 5. The average Bonchev–Trinajstić information content (AvgIpc) is 3.49. The van der Waals surface area contributed by atoms with Gasteiger partial charge < -0.3 is 4.90 Å². The number of fused-ring (bicyclic) bond motifs is 4. The van der Waals surface area contributed by atoms with Gasteiger partial charge in [0, 0.05) is 21.7 Å². The zero-order valence-electron chi connectivity index (χ0n) is 22.5. The molecule has 3 aromatic carbocycles. The van der Waals surface area contributed by atoms with Crippen LogP contribution in [-0.4, -0.2) is 4.98 Å². The molecule has 0 fully saturated rings. The van der Waals surface area contributed by atoms with Crippen molar-refractivity contribution in [1.29, 1.82) is 10.5 Å². The number of pyridine rings is 1. The minimum Gasteiger partial charge on any atom is -0.309 e. The summed E-state index contributed by atoms with van der Waals surface area (Å²) in [7, 11) is 0. The molecule has 0 bridgehead atoms. The van der Waals surface area contributed by atoms with Crippen molar-refractivity contribution in [3.63, 3.8) is 0 Å². The molecule has 1 aliphatic rings. The van der Waals surface area contributed by atoms with Gasteiger partial charge in [-0.3, -0.25) is 4.98 Å². The number of hydrogen-bond acceptors (Lipinski definition) is 5. The Morgan fingerprint density at radius 2 is 1.57 bits per heavy atom. The zero-order valence-corrected chi connectivity index (χ0v) is 23.3. The molecular weight excluding hydrogens is 508 g/mol. The SMILES string of the molecule is Cc1ccc(N(c2cnc3c(c2)C(C)(C)c2cc(/C=C/C=C(C#N)C#N)sc2-3)c2ccc3ccccc3c2)cc1. The van der Waals surface area contributed by atoms with Gasteiger partial charge in [-0.2, -0.15) is 10.5 Å². The summed E-state index contributed by atoms with van der Waals surface area (Å²) in [5, 5.41) is 20.4. The van der Waals surface area contributed by atoms with Crippen molar-refractivity contribution >= 4 is 45.2 Å². The highest BCUT2D eigenvalue weighted by Crippen LogP contribution is 2.53. The van der Waals surface area contributed by atoms with E-state index in [1.54, 1.807) is 23.5 Å². The van der Waals surface area contributed by atoms with Gasteiger partial charge in [0.2, 0.25) is 0 Å². The summed E-state index contributed by atoms with van der Waals surface area (Å²) >= 11 is 1.69. The van der Waals surface area contributed by atoms with Crippen molar-refractivity contribution in [3.8, 4) is 22.7 Å². The second-order valence-corrected chi connectivity index (χ2v) is 11.6. The first kappa shape index (κ1) is 25.3. The van der Waals surface area contributed by atoms with Gasteiger partial charge in [-0.1, -0.05) is 68.0 Å². The number of aromatic nitrogens is 1. The van der Waals surface area contributed by atoms with E-state index in [-0.39, 0.29) is 11.0 Å². The van der Waals surface area contributed by atoms with E-state index in [4.69, 9.17) is 15.5 Å². The third kappa shape index (κ3) is 4.37. The maximum atomic E-state index is 8.98. The van der Waals surface area contributed by atoms with E-state index in [0.717, 1.165) is 27.6 Å². The number of hydrogen-bond donors (Lipinski definition) is 0. The fourth-order valence-electron chi connectivity index (χ4n) is 5.31.